The van der Waals surface area contributed by atoms with E-state index in [0.717, 1.165) is 15.7 Å². The Morgan fingerprint density at radius 1 is 1.24 bits per heavy atom. The number of ether oxygens (including phenoxy) is 1. The molecule has 112 valence electrons. The van der Waals surface area contributed by atoms with Gasteiger partial charge in [-0.3, -0.25) is 0 Å². The fourth-order valence-corrected chi connectivity index (χ4v) is 2.45. The summed E-state index contributed by atoms with van der Waals surface area (Å²) < 4.78 is 19.7. The van der Waals surface area contributed by atoms with Crippen LogP contribution in [0.1, 0.15) is 19.4 Å². The van der Waals surface area contributed by atoms with Crippen molar-refractivity contribution in [1.82, 2.24) is 0 Å². The van der Waals surface area contributed by atoms with Gasteiger partial charge in [0.05, 0.1) is 11.1 Å². The third kappa shape index (κ3) is 4.61. The van der Waals surface area contributed by atoms with Crippen LogP contribution in [-0.4, -0.2) is 6.10 Å². The van der Waals surface area contributed by atoms with Crippen LogP contribution in [0, 0.1) is 5.82 Å². The van der Waals surface area contributed by atoms with E-state index in [0.29, 0.717) is 17.3 Å². The van der Waals surface area contributed by atoms with Crippen LogP contribution in [0.15, 0.2) is 40.9 Å². The van der Waals surface area contributed by atoms with Crippen molar-refractivity contribution >= 4 is 33.2 Å². The molecule has 2 nitrogen and oxygen atoms in total. The minimum Gasteiger partial charge on any atom is -0.489 e. The van der Waals surface area contributed by atoms with Crippen molar-refractivity contribution in [3.63, 3.8) is 0 Å². The first kappa shape index (κ1) is 16.1. The fraction of sp³-hybridized carbons (Fsp3) is 0.250. The maximum Gasteiger partial charge on any atom is 0.138 e. The van der Waals surface area contributed by atoms with E-state index in [4.69, 9.17) is 16.3 Å². The molecule has 0 radical (unpaired) electrons. The number of hydrogen-bond acceptors (Lipinski definition) is 2. The van der Waals surface area contributed by atoms with Crippen LogP contribution in [0.2, 0.25) is 5.02 Å². The van der Waals surface area contributed by atoms with Gasteiger partial charge in [0.15, 0.2) is 0 Å². The molecule has 0 saturated carbocycles. The molecule has 0 aliphatic carbocycles. The van der Waals surface area contributed by atoms with Crippen molar-refractivity contribution in [3.8, 4) is 5.75 Å². The number of hydrogen-bond donors (Lipinski definition) is 1. The van der Waals surface area contributed by atoms with Crippen LogP contribution < -0.4 is 10.1 Å². The molecule has 0 bridgehead atoms. The minimum atomic E-state index is -0.256. The summed E-state index contributed by atoms with van der Waals surface area (Å²) in [6.45, 7) is 4.40. The molecule has 2 aromatic carbocycles. The minimum absolute atomic E-state index is 0.0737. The summed E-state index contributed by atoms with van der Waals surface area (Å²) in [6.07, 6.45) is 0.0737. The lowest BCUT2D eigenvalue weighted by molar-refractivity contribution is 0.242. The molecule has 0 aromatic heterocycles. The van der Waals surface area contributed by atoms with Gasteiger partial charge in [0.25, 0.3) is 0 Å². The molecule has 0 heterocycles. The number of nitrogens with one attached hydrogen (secondary N) is 1. The summed E-state index contributed by atoms with van der Waals surface area (Å²) in [5.74, 6) is 0.401. The van der Waals surface area contributed by atoms with E-state index in [1.807, 2.05) is 26.0 Å². The summed E-state index contributed by atoms with van der Waals surface area (Å²) in [4.78, 5) is 0. The van der Waals surface area contributed by atoms with Crippen molar-refractivity contribution in [1.29, 1.82) is 0 Å². The molecular weight excluding hydrogens is 357 g/mol. The maximum atomic E-state index is 13.2. The zero-order valence-corrected chi connectivity index (χ0v) is 14.1. The number of halogens is 3. The van der Waals surface area contributed by atoms with Crippen LogP contribution in [0.3, 0.4) is 0 Å². The lowest BCUT2D eigenvalue weighted by atomic mass is 10.2. The second kappa shape index (κ2) is 7.14. The zero-order valence-electron chi connectivity index (χ0n) is 11.8. The van der Waals surface area contributed by atoms with E-state index in [1.54, 1.807) is 12.1 Å². The van der Waals surface area contributed by atoms with Crippen molar-refractivity contribution in [3.05, 3.63) is 57.3 Å². The quantitative estimate of drug-likeness (QED) is 0.733. The summed E-state index contributed by atoms with van der Waals surface area (Å²) in [7, 11) is 0. The molecule has 0 aliphatic heterocycles. The topological polar surface area (TPSA) is 21.3 Å². The van der Waals surface area contributed by atoms with Gasteiger partial charge in [-0.2, -0.15) is 0 Å². The summed E-state index contributed by atoms with van der Waals surface area (Å²) >= 11 is 9.58. The predicted molar refractivity (Wildman–Crippen MR) is 88.6 cm³/mol. The van der Waals surface area contributed by atoms with Crippen LogP contribution in [-0.2, 0) is 6.54 Å². The van der Waals surface area contributed by atoms with E-state index in [2.05, 4.69) is 21.2 Å². The SMILES string of the molecule is CC(C)Oc1ccc(NCc2cc(F)ccc2Br)cc1Cl. The van der Waals surface area contributed by atoms with Gasteiger partial charge in [0, 0.05) is 16.7 Å². The standard InChI is InChI=1S/C16H16BrClFNO/c1-10(2)21-16-6-4-13(8-15(16)18)20-9-11-7-12(19)3-5-14(11)17/h3-8,10,20H,9H2,1-2H3. The second-order valence-electron chi connectivity index (χ2n) is 4.90. The van der Waals surface area contributed by atoms with E-state index >= 15 is 0 Å². The first-order valence-corrected chi connectivity index (χ1v) is 7.77. The molecule has 0 aliphatic rings. The third-order valence-electron chi connectivity index (χ3n) is 2.79. The molecule has 0 atom stereocenters. The van der Waals surface area contributed by atoms with Gasteiger partial charge in [0.1, 0.15) is 11.6 Å². The molecule has 0 amide bonds. The maximum absolute atomic E-state index is 13.2. The third-order valence-corrected chi connectivity index (χ3v) is 3.85. The highest BCUT2D eigenvalue weighted by Gasteiger charge is 2.06. The molecule has 5 heteroatoms. The lowest BCUT2D eigenvalue weighted by Crippen LogP contribution is -2.06. The van der Waals surface area contributed by atoms with Gasteiger partial charge >= 0.3 is 0 Å². The summed E-state index contributed by atoms with van der Waals surface area (Å²) in [6, 6.07) is 10.1. The molecular formula is C16H16BrClFNO. The van der Waals surface area contributed by atoms with Gasteiger partial charge in [-0.1, -0.05) is 27.5 Å². The Morgan fingerprint density at radius 3 is 2.67 bits per heavy atom. The molecule has 2 aromatic rings. The Balaban J connectivity index is 2.07. The average Bonchev–Trinajstić information content (AvgIpc) is 2.42. The zero-order chi connectivity index (χ0) is 15.4. The molecule has 0 fully saturated rings. The highest BCUT2D eigenvalue weighted by molar-refractivity contribution is 9.10. The molecule has 0 saturated heterocycles. The normalized spacial score (nSPS) is 10.8. The fourth-order valence-electron chi connectivity index (χ4n) is 1.84. The molecule has 0 unspecified atom stereocenters. The van der Waals surface area contributed by atoms with Crippen LogP contribution >= 0.6 is 27.5 Å². The van der Waals surface area contributed by atoms with Gasteiger partial charge in [-0.25, -0.2) is 4.39 Å². The number of anilines is 1. The average molecular weight is 373 g/mol. The van der Waals surface area contributed by atoms with Gasteiger partial charge in [-0.15, -0.1) is 0 Å². The Bertz CT molecular complexity index is 634. The second-order valence-corrected chi connectivity index (χ2v) is 6.16. The van der Waals surface area contributed by atoms with Crippen molar-refractivity contribution < 1.29 is 9.13 Å². The Kier molecular flexibility index (Phi) is 5.48. The van der Waals surface area contributed by atoms with Crippen molar-refractivity contribution in [2.45, 2.75) is 26.5 Å². The van der Waals surface area contributed by atoms with Gasteiger partial charge in [-0.05, 0) is 55.8 Å². The summed E-state index contributed by atoms with van der Waals surface area (Å²) in [5.41, 5.74) is 1.70. The lowest BCUT2D eigenvalue weighted by Gasteiger charge is -2.13. The largest absolute Gasteiger partial charge is 0.489 e. The van der Waals surface area contributed by atoms with Crippen molar-refractivity contribution in [2.24, 2.45) is 0 Å². The van der Waals surface area contributed by atoms with Crippen molar-refractivity contribution in [2.75, 3.05) is 5.32 Å². The van der Waals surface area contributed by atoms with E-state index in [-0.39, 0.29) is 11.9 Å². The van der Waals surface area contributed by atoms with Crippen LogP contribution in [0.25, 0.3) is 0 Å². The van der Waals surface area contributed by atoms with Crippen LogP contribution in [0.4, 0.5) is 10.1 Å². The highest BCUT2D eigenvalue weighted by Crippen LogP contribution is 2.29. The Hall–Kier alpha value is -1.26. The Labute approximate surface area is 137 Å². The van der Waals surface area contributed by atoms with Gasteiger partial charge < -0.3 is 10.1 Å². The monoisotopic (exact) mass is 371 g/mol. The van der Waals surface area contributed by atoms with Crippen LogP contribution in [0.5, 0.6) is 5.75 Å². The van der Waals surface area contributed by atoms with E-state index in [1.165, 1.54) is 12.1 Å². The predicted octanol–water partition coefficient (Wildman–Crippen LogP) is 5.64. The molecule has 1 N–H and O–H groups in total. The van der Waals surface area contributed by atoms with E-state index in [9.17, 15) is 4.39 Å². The first-order chi connectivity index (χ1) is 9.95. The highest BCUT2D eigenvalue weighted by atomic mass is 79.9. The number of rotatable bonds is 5. The summed E-state index contributed by atoms with van der Waals surface area (Å²) in [5, 5.41) is 3.76. The molecule has 21 heavy (non-hydrogen) atoms. The van der Waals surface area contributed by atoms with E-state index < -0.39 is 0 Å². The first-order valence-electron chi connectivity index (χ1n) is 6.59. The number of benzene rings is 2. The Morgan fingerprint density at radius 2 is 2.00 bits per heavy atom. The van der Waals surface area contributed by atoms with Gasteiger partial charge in [0.2, 0.25) is 0 Å². The molecule has 0 spiro atoms. The smallest absolute Gasteiger partial charge is 0.138 e. The molecule has 2 rings (SSSR count).